The van der Waals surface area contributed by atoms with Crippen molar-refractivity contribution >= 4 is 15.7 Å². The van der Waals surface area contributed by atoms with Gasteiger partial charge in [-0.2, -0.15) is 0 Å². The third kappa shape index (κ3) is 3.32. The Morgan fingerprint density at radius 2 is 1.95 bits per heavy atom. The summed E-state index contributed by atoms with van der Waals surface area (Å²) in [4.78, 5) is -0.167. The number of anilines is 1. The lowest BCUT2D eigenvalue weighted by Gasteiger charge is -2.13. The molecule has 21 heavy (non-hydrogen) atoms. The summed E-state index contributed by atoms with van der Waals surface area (Å²) in [5, 5.41) is 9.11. The van der Waals surface area contributed by atoms with Crippen molar-refractivity contribution in [2.24, 2.45) is 0 Å². The molecule has 0 saturated heterocycles. The quantitative estimate of drug-likeness (QED) is 0.887. The predicted octanol–water partition coefficient (Wildman–Crippen LogP) is 2.13. The first-order chi connectivity index (χ1) is 9.97. The molecule has 5 nitrogen and oxygen atoms in total. The zero-order chi connectivity index (χ0) is 15.5. The molecule has 0 aromatic heterocycles. The summed E-state index contributed by atoms with van der Waals surface area (Å²) in [5.41, 5.74) is 0.249. The second-order valence-electron chi connectivity index (χ2n) is 4.23. The number of hydrogen-bond donors (Lipinski definition) is 2. The molecule has 0 aliphatic rings. The molecule has 0 aliphatic heterocycles. The average Bonchev–Trinajstić information content (AvgIpc) is 2.48. The molecule has 0 aliphatic carbocycles. The van der Waals surface area contributed by atoms with Gasteiger partial charge in [0.05, 0.1) is 19.4 Å². The highest BCUT2D eigenvalue weighted by Crippen LogP contribution is 2.27. The van der Waals surface area contributed by atoms with Crippen LogP contribution in [0.25, 0.3) is 0 Å². The lowest BCUT2D eigenvalue weighted by atomic mass is 10.2. The molecule has 0 bridgehead atoms. The van der Waals surface area contributed by atoms with E-state index < -0.39 is 15.8 Å². The molecule has 0 fully saturated rings. The number of halogens is 1. The third-order valence-electron chi connectivity index (χ3n) is 2.82. The molecular formula is C14H14FNO4S. The first-order valence-corrected chi connectivity index (χ1v) is 7.51. The van der Waals surface area contributed by atoms with Crippen LogP contribution < -0.4 is 9.46 Å². The lowest BCUT2D eigenvalue weighted by Crippen LogP contribution is -2.15. The fourth-order valence-electron chi connectivity index (χ4n) is 1.77. The van der Waals surface area contributed by atoms with E-state index in [1.54, 1.807) is 6.07 Å². The van der Waals surface area contributed by atoms with Crippen molar-refractivity contribution in [3.63, 3.8) is 0 Å². The van der Waals surface area contributed by atoms with Crippen LogP contribution in [0, 0.1) is 5.82 Å². The van der Waals surface area contributed by atoms with Gasteiger partial charge in [-0.15, -0.1) is 0 Å². The molecular weight excluding hydrogens is 297 g/mol. The Morgan fingerprint density at radius 3 is 2.57 bits per heavy atom. The van der Waals surface area contributed by atoms with Gasteiger partial charge >= 0.3 is 0 Å². The summed E-state index contributed by atoms with van der Waals surface area (Å²) in [7, 11) is -2.71. The molecule has 0 atom stereocenters. The van der Waals surface area contributed by atoms with Gasteiger partial charge in [-0.3, -0.25) is 4.72 Å². The second kappa shape index (κ2) is 6.11. The molecule has 0 heterocycles. The van der Waals surface area contributed by atoms with Gasteiger partial charge in [0, 0.05) is 0 Å². The highest BCUT2D eigenvalue weighted by molar-refractivity contribution is 7.92. The van der Waals surface area contributed by atoms with Gasteiger partial charge in [0.1, 0.15) is 16.5 Å². The highest BCUT2D eigenvalue weighted by Gasteiger charge is 2.21. The first-order valence-electron chi connectivity index (χ1n) is 6.03. The smallest absolute Gasteiger partial charge is 0.265 e. The van der Waals surface area contributed by atoms with Gasteiger partial charge in [-0.25, -0.2) is 12.8 Å². The van der Waals surface area contributed by atoms with Crippen LogP contribution in [0.2, 0.25) is 0 Å². The molecule has 7 heteroatoms. The molecule has 2 N–H and O–H groups in total. The topological polar surface area (TPSA) is 75.6 Å². The Kier molecular flexibility index (Phi) is 4.44. The van der Waals surface area contributed by atoms with Gasteiger partial charge < -0.3 is 9.84 Å². The van der Waals surface area contributed by atoms with E-state index in [4.69, 9.17) is 9.84 Å². The van der Waals surface area contributed by atoms with E-state index in [1.165, 1.54) is 37.4 Å². The molecule has 2 aromatic carbocycles. The minimum Gasteiger partial charge on any atom is -0.495 e. The van der Waals surface area contributed by atoms with Crippen LogP contribution in [0.4, 0.5) is 10.1 Å². The number of hydrogen-bond acceptors (Lipinski definition) is 4. The summed E-state index contributed by atoms with van der Waals surface area (Å²) in [5.74, 6) is -0.575. The maximum Gasteiger partial charge on any atom is 0.265 e. The number of para-hydroxylation sites is 1. The lowest BCUT2D eigenvalue weighted by molar-refractivity contribution is 0.281. The van der Waals surface area contributed by atoms with E-state index in [0.717, 1.165) is 6.07 Å². The predicted molar refractivity (Wildman–Crippen MR) is 76.1 cm³/mol. The summed E-state index contributed by atoms with van der Waals surface area (Å²) in [6, 6.07) is 9.70. The fraction of sp³-hybridized carbons (Fsp3) is 0.143. The summed E-state index contributed by atoms with van der Waals surface area (Å²) < 4.78 is 45.5. The van der Waals surface area contributed by atoms with Crippen molar-refractivity contribution in [3.8, 4) is 5.75 Å². The van der Waals surface area contributed by atoms with Crippen molar-refractivity contribution in [2.45, 2.75) is 11.5 Å². The number of sulfonamides is 1. The van der Waals surface area contributed by atoms with Crippen LogP contribution in [0.5, 0.6) is 5.75 Å². The van der Waals surface area contributed by atoms with Crippen molar-refractivity contribution in [2.75, 3.05) is 11.8 Å². The van der Waals surface area contributed by atoms with E-state index in [0.29, 0.717) is 5.56 Å². The van der Waals surface area contributed by atoms with Gasteiger partial charge in [0.2, 0.25) is 0 Å². The Balaban J connectivity index is 2.46. The standard InChI is InChI=1S/C14H14FNO4S/c1-20-13-7-6-10(9-17)8-14(13)21(18,19)16-12-5-3-2-4-11(12)15/h2-8,16-17H,9H2,1H3. The van der Waals surface area contributed by atoms with Crippen molar-refractivity contribution in [1.29, 1.82) is 0 Å². The minimum absolute atomic E-state index is 0.107. The maximum atomic E-state index is 13.6. The molecule has 0 spiro atoms. The number of rotatable bonds is 5. The first kappa shape index (κ1) is 15.3. The van der Waals surface area contributed by atoms with Crippen molar-refractivity contribution in [3.05, 3.63) is 53.8 Å². The summed E-state index contributed by atoms with van der Waals surface area (Å²) in [6.45, 7) is -0.313. The van der Waals surface area contributed by atoms with Crippen molar-refractivity contribution in [1.82, 2.24) is 0 Å². The number of aliphatic hydroxyl groups is 1. The number of ether oxygens (including phenoxy) is 1. The van der Waals surface area contributed by atoms with Crippen LogP contribution in [-0.4, -0.2) is 20.6 Å². The molecule has 0 saturated carbocycles. The van der Waals surface area contributed by atoms with E-state index in [9.17, 15) is 12.8 Å². The number of aliphatic hydroxyl groups excluding tert-OH is 1. The van der Waals surface area contributed by atoms with Crippen LogP contribution in [0.1, 0.15) is 5.56 Å². The maximum absolute atomic E-state index is 13.6. The largest absolute Gasteiger partial charge is 0.495 e. The SMILES string of the molecule is COc1ccc(CO)cc1S(=O)(=O)Nc1ccccc1F. The van der Waals surface area contributed by atoms with E-state index in [2.05, 4.69) is 4.72 Å². The van der Waals surface area contributed by atoms with E-state index >= 15 is 0 Å². The van der Waals surface area contributed by atoms with Gasteiger partial charge in [-0.05, 0) is 29.8 Å². The highest BCUT2D eigenvalue weighted by atomic mass is 32.2. The van der Waals surface area contributed by atoms with Gasteiger partial charge in [0.15, 0.2) is 0 Å². The molecule has 2 rings (SSSR count). The van der Waals surface area contributed by atoms with Gasteiger partial charge in [0.25, 0.3) is 10.0 Å². The zero-order valence-corrected chi connectivity index (χ0v) is 12.0. The molecule has 2 aromatic rings. The molecule has 0 radical (unpaired) electrons. The van der Waals surface area contributed by atoms with Crippen LogP contribution in [0.15, 0.2) is 47.4 Å². The molecule has 0 unspecified atom stereocenters. The van der Waals surface area contributed by atoms with Gasteiger partial charge in [-0.1, -0.05) is 18.2 Å². The van der Waals surface area contributed by atoms with Crippen LogP contribution >= 0.6 is 0 Å². The monoisotopic (exact) mass is 311 g/mol. The van der Waals surface area contributed by atoms with E-state index in [-0.39, 0.29) is 22.9 Å². The van der Waals surface area contributed by atoms with Crippen LogP contribution in [0.3, 0.4) is 0 Å². The summed E-state index contributed by atoms with van der Waals surface area (Å²) >= 11 is 0. The zero-order valence-electron chi connectivity index (χ0n) is 11.2. The number of methoxy groups -OCH3 is 1. The Labute approximate surface area is 122 Å². The Bertz CT molecular complexity index is 746. The second-order valence-corrected chi connectivity index (χ2v) is 5.88. The third-order valence-corrected chi connectivity index (χ3v) is 4.21. The molecule has 112 valence electrons. The fourth-order valence-corrected chi connectivity index (χ4v) is 3.06. The van der Waals surface area contributed by atoms with Crippen molar-refractivity contribution < 1.29 is 22.7 Å². The molecule has 0 amide bonds. The van der Waals surface area contributed by atoms with E-state index in [1.807, 2.05) is 0 Å². The minimum atomic E-state index is -4.04. The normalized spacial score (nSPS) is 11.2. The number of benzene rings is 2. The Hall–Kier alpha value is -2.12. The average molecular weight is 311 g/mol. The summed E-state index contributed by atoms with van der Waals surface area (Å²) in [6.07, 6.45) is 0. The van der Waals surface area contributed by atoms with Crippen LogP contribution in [-0.2, 0) is 16.6 Å². The number of nitrogens with one attached hydrogen (secondary N) is 1. The Morgan fingerprint density at radius 1 is 1.24 bits per heavy atom.